The van der Waals surface area contributed by atoms with Crippen LogP contribution in [0.5, 0.6) is 0 Å². The molecule has 0 unspecified atom stereocenters. The van der Waals surface area contributed by atoms with Crippen LogP contribution in [0.3, 0.4) is 0 Å². The first-order chi connectivity index (χ1) is 11.0. The standard InChI is InChI=1S/C17H12BrFN2OS/c1-10-15(16(22)21-14-8-4-12(18)5-9-14)23-17(20-10)11-2-6-13(19)7-3-11/h2-9H,1H3,(H,21,22). The van der Waals surface area contributed by atoms with Crippen LogP contribution in [0, 0.1) is 12.7 Å². The summed E-state index contributed by atoms with van der Waals surface area (Å²) in [6.45, 7) is 1.79. The second-order valence-corrected chi connectivity index (χ2v) is 6.82. The van der Waals surface area contributed by atoms with Gasteiger partial charge in [0.2, 0.25) is 0 Å². The van der Waals surface area contributed by atoms with E-state index in [4.69, 9.17) is 0 Å². The van der Waals surface area contributed by atoms with Gasteiger partial charge >= 0.3 is 0 Å². The van der Waals surface area contributed by atoms with Crippen LogP contribution in [0.4, 0.5) is 10.1 Å². The van der Waals surface area contributed by atoms with Gasteiger partial charge in [0.15, 0.2) is 0 Å². The van der Waals surface area contributed by atoms with Gasteiger partial charge < -0.3 is 5.32 Å². The summed E-state index contributed by atoms with van der Waals surface area (Å²) >= 11 is 4.65. The molecule has 0 fully saturated rings. The lowest BCUT2D eigenvalue weighted by Gasteiger charge is -2.03. The second-order valence-electron chi connectivity index (χ2n) is 4.90. The van der Waals surface area contributed by atoms with E-state index in [2.05, 4.69) is 26.2 Å². The van der Waals surface area contributed by atoms with Crippen molar-refractivity contribution >= 4 is 38.9 Å². The monoisotopic (exact) mass is 390 g/mol. The van der Waals surface area contributed by atoms with Crippen LogP contribution in [0.25, 0.3) is 10.6 Å². The highest BCUT2D eigenvalue weighted by Crippen LogP contribution is 2.28. The van der Waals surface area contributed by atoms with E-state index in [0.29, 0.717) is 21.3 Å². The minimum atomic E-state index is -0.296. The van der Waals surface area contributed by atoms with E-state index in [1.54, 1.807) is 19.1 Å². The number of aromatic nitrogens is 1. The van der Waals surface area contributed by atoms with Crippen LogP contribution >= 0.6 is 27.3 Å². The van der Waals surface area contributed by atoms with Gasteiger partial charge in [-0.15, -0.1) is 11.3 Å². The summed E-state index contributed by atoms with van der Waals surface area (Å²) in [7, 11) is 0. The highest BCUT2D eigenvalue weighted by molar-refractivity contribution is 9.10. The fraction of sp³-hybridized carbons (Fsp3) is 0.0588. The summed E-state index contributed by atoms with van der Waals surface area (Å²) < 4.78 is 13.9. The van der Waals surface area contributed by atoms with Crippen molar-refractivity contribution in [3.63, 3.8) is 0 Å². The number of amides is 1. The minimum Gasteiger partial charge on any atom is -0.321 e. The number of benzene rings is 2. The van der Waals surface area contributed by atoms with E-state index in [-0.39, 0.29) is 11.7 Å². The van der Waals surface area contributed by atoms with Gasteiger partial charge in [-0.05, 0) is 55.5 Å². The molecule has 1 amide bonds. The highest BCUT2D eigenvalue weighted by Gasteiger charge is 2.16. The number of rotatable bonds is 3. The van der Waals surface area contributed by atoms with E-state index < -0.39 is 0 Å². The molecule has 1 N–H and O–H groups in total. The zero-order valence-corrected chi connectivity index (χ0v) is 14.5. The molecule has 0 saturated heterocycles. The zero-order chi connectivity index (χ0) is 16.4. The van der Waals surface area contributed by atoms with E-state index in [9.17, 15) is 9.18 Å². The molecule has 0 aliphatic carbocycles. The number of hydrogen-bond donors (Lipinski definition) is 1. The number of nitrogens with zero attached hydrogens (tertiary/aromatic N) is 1. The van der Waals surface area contributed by atoms with Crippen molar-refractivity contribution in [2.24, 2.45) is 0 Å². The van der Waals surface area contributed by atoms with Crippen molar-refractivity contribution in [3.8, 4) is 10.6 Å². The van der Waals surface area contributed by atoms with E-state index in [0.717, 1.165) is 10.0 Å². The van der Waals surface area contributed by atoms with Crippen LogP contribution in [-0.4, -0.2) is 10.9 Å². The number of thiazole rings is 1. The smallest absolute Gasteiger partial charge is 0.267 e. The number of aryl methyl sites for hydroxylation is 1. The Balaban J connectivity index is 1.84. The van der Waals surface area contributed by atoms with Gasteiger partial charge in [0, 0.05) is 15.7 Å². The van der Waals surface area contributed by atoms with Gasteiger partial charge in [0.1, 0.15) is 15.7 Å². The third-order valence-corrected chi connectivity index (χ3v) is 4.93. The molecule has 3 nitrogen and oxygen atoms in total. The fourth-order valence-corrected chi connectivity index (χ4v) is 3.28. The zero-order valence-electron chi connectivity index (χ0n) is 12.1. The molecular weight excluding hydrogens is 379 g/mol. The molecule has 0 aliphatic heterocycles. The SMILES string of the molecule is Cc1nc(-c2ccc(F)cc2)sc1C(=O)Nc1ccc(Br)cc1. The first-order valence-electron chi connectivity index (χ1n) is 6.83. The van der Waals surface area contributed by atoms with Crippen molar-refractivity contribution in [1.29, 1.82) is 0 Å². The molecule has 0 spiro atoms. The molecular formula is C17H12BrFN2OS. The average molecular weight is 391 g/mol. The molecule has 1 heterocycles. The third kappa shape index (κ3) is 3.65. The molecule has 0 saturated carbocycles. The number of carbonyl (C=O) groups excluding carboxylic acids is 1. The maximum atomic E-state index is 13.0. The lowest BCUT2D eigenvalue weighted by atomic mass is 10.2. The molecule has 0 bridgehead atoms. The second kappa shape index (κ2) is 6.60. The van der Waals surface area contributed by atoms with E-state index in [1.807, 2.05) is 24.3 Å². The normalized spacial score (nSPS) is 10.6. The van der Waals surface area contributed by atoms with Gasteiger partial charge in [-0.1, -0.05) is 15.9 Å². The summed E-state index contributed by atoms with van der Waals surface area (Å²) in [4.78, 5) is 17.4. The summed E-state index contributed by atoms with van der Waals surface area (Å²) in [5.74, 6) is -0.495. The Morgan fingerprint density at radius 2 is 1.78 bits per heavy atom. The predicted octanol–water partition coefficient (Wildman–Crippen LogP) is 5.27. The van der Waals surface area contributed by atoms with Crippen LogP contribution < -0.4 is 5.32 Å². The average Bonchev–Trinajstić information content (AvgIpc) is 2.92. The van der Waals surface area contributed by atoms with Crippen LogP contribution in [0.15, 0.2) is 53.0 Å². The Labute approximate surface area is 145 Å². The number of halogens is 2. The molecule has 3 aromatic rings. The predicted molar refractivity (Wildman–Crippen MR) is 94.3 cm³/mol. The summed E-state index contributed by atoms with van der Waals surface area (Å²) in [6, 6.07) is 13.4. The highest BCUT2D eigenvalue weighted by atomic mass is 79.9. The Bertz CT molecular complexity index is 844. The van der Waals surface area contributed by atoms with Crippen LogP contribution in [0.1, 0.15) is 15.4 Å². The topological polar surface area (TPSA) is 42.0 Å². The Morgan fingerprint density at radius 1 is 1.13 bits per heavy atom. The first kappa shape index (κ1) is 15.8. The third-order valence-electron chi connectivity index (χ3n) is 3.20. The van der Waals surface area contributed by atoms with Crippen molar-refractivity contribution in [1.82, 2.24) is 4.98 Å². The van der Waals surface area contributed by atoms with Gasteiger partial charge in [-0.2, -0.15) is 0 Å². The largest absolute Gasteiger partial charge is 0.321 e. The number of nitrogens with one attached hydrogen (secondary N) is 1. The van der Waals surface area contributed by atoms with Gasteiger partial charge in [-0.3, -0.25) is 4.79 Å². The lowest BCUT2D eigenvalue weighted by Crippen LogP contribution is -2.11. The Kier molecular flexibility index (Phi) is 4.54. The van der Waals surface area contributed by atoms with E-state index in [1.165, 1.54) is 23.5 Å². The van der Waals surface area contributed by atoms with Crippen LogP contribution in [0.2, 0.25) is 0 Å². The molecule has 0 aliphatic rings. The maximum Gasteiger partial charge on any atom is 0.267 e. The lowest BCUT2D eigenvalue weighted by molar-refractivity contribution is 0.103. The van der Waals surface area contributed by atoms with Crippen molar-refractivity contribution in [2.45, 2.75) is 6.92 Å². The molecule has 6 heteroatoms. The quantitative estimate of drug-likeness (QED) is 0.661. The Hall–Kier alpha value is -2.05. The fourth-order valence-electron chi connectivity index (χ4n) is 2.04. The summed E-state index contributed by atoms with van der Waals surface area (Å²) in [5, 5.41) is 3.55. The van der Waals surface area contributed by atoms with Crippen molar-refractivity contribution in [2.75, 3.05) is 5.32 Å². The Morgan fingerprint density at radius 3 is 2.43 bits per heavy atom. The van der Waals surface area contributed by atoms with Crippen LogP contribution in [-0.2, 0) is 0 Å². The van der Waals surface area contributed by atoms with E-state index >= 15 is 0 Å². The summed E-state index contributed by atoms with van der Waals surface area (Å²) in [5.41, 5.74) is 2.17. The maximum absolute atomic E-state index is 13.0. The molecule has 116 valence electrons. The molecule has 23 heavy (non-hydrogen) atoms. The minimum absolute atomic E-state index is 0.198. The van der Waals surface area contributed by atoms with Gasteiger partial charge in [0.25, 0.3) is 5.91 Å². The molecule has 2 aromatic carbocycles. The number of carbonyl (C=O) groups is 1. The van der Waals surface area contributed by atoms with Gasteiger partial charge in [0.05, 0.1) is 5.69 Å². The van der Waals surface area contributed by atoms with Crippen molar-refractivity contribution in [3.05, 3.63) is 69.4 Å². The van der Waals surface area contributed by atoms with Crippen molar-refractivity contribution < 1.29 is 9.18 Å². The van der Waals surface area contributed by atoms with Gasteiger partial charge in [-0.25, -0.2) is 9.37 Å². The summed E-state index contributed by atoms with van der Waals surface area (Å²) in [6.07, 6.45) is 0. The number of anilines is 1. The molecule has 1 aromatic heterocycles. The molecule has 0 radical (unpaired) electrons. The molecule has 3 rings (SSSR count). The number of hydrogen-bond acceptors (Lipinski definition) is 3. The first-order valence-corrected chi connectivity index (χ1v) is 8.44. The molecule has 0 atom stereocenters.